The van der Waals surface area contributed by atoms with Crippen LogP contribution in [0.1, 0.15) is 81.0 Å². The van der Waals surface area contributed by atoms with E-state index in [2.05, 4.69) is 52.5 Å². The zero-order valence-corrected chi connectivity index (χ0v) is 15.2. The highest BCUT2D eigenvalue weighted by Gasteiger charge is 2.07. The summed E-state index contributed by atoms with van der Waals surface area (Å²) in [5.41, 5.74) is 6.86. The van der Waals surface area contributed by atoms with Gasteiger partial charge in [-0.2, -0.15) is 0 Å². The number of hydrogen-bond acceptors (Lipinski definition) is 0. The van der Waals surface area contributed by atoms with E-state index in [1.807, 2.05) is 6.08 Å². The maximum Gasteiger partial charge on any atom is -0.0129 e. The van der Waals surface area contributed by atoms with Crippen molar-refractivity contribution >= 4 is 5.57 Å². The first-order valence-corrected chi connectivity index (χ1v) is 9.03. The van der Waals surface area contributed by atoms with Gasteiger partial charge in [-0.15, -0.1) is 0 Å². The molecule has 0 aromatic heterocycles. The molecule has 0 aliphatic heterocycles. The average Bonchev–Trinajstić information content (AvgIpc) is 2.50. The molecule has 122 valence electrons. The average molecular weight is 299 g/mol. The van der Waals surface area contributed by atoms with Gasteiger partial charge in [-0.1, -0.05) is 76.3 Å². The zero-order valence-electron chi connectivity index (χ0n) is 15.2. The van der Waals surface area contributed by atoms with Crippen molar-refractivity contribution in [2.24, 2.45) is 0 Å². The standard InChI is InChI=1S/C22H34/c1-6-9-10-11-12-13-14-15-20-16-18(4)22(19(5)17-20)21(7-2)8-3/h7-8,16-17H,2,6,9-15H2,1,3-5H3/b21-8+. The van der Waals surface area contributed by atoms with Crippen LogP contribution in [-0.2, 0) is 6.42 Å². The van der Waals surface area contributed by atoms with Crippen LogP contribution in [0.4, 0.5) is 0 Å². The summed E-state index contributed by atoms with van der Waals surface area (Å²) in [6, 6.07) is 4.73. The molecule has 1 aromatic rings. The lowest BCUT2D eigenvalue weighted by molar-refractivity contribution is 0.589. The summed E-state index contributed by atoms with van der Waals surface area (Å²) in [7, 11) is 0. The largest absolute Gasteiger partial charge is 0.0985 e. The van der Waals surface area contributed by atoms with Gasteiger partial charge in [0.05, 0.1) is 0 Å². The topological polar surface area (TPSA) is 0 Å². The summed E-state index contributed by atoms with van der Waals surface area (Å²) in [6.07, 6.45) is 15.0. The van der Waals surface area contributed by atoms with Crippen molar-refractivity contribution in [1.29, 1.82) is 0 Å². The van der Waals surface area contributed by atoms with E-state index in [-0.39, 0.29) is 0 Å². The van der Waals surface area contributed by atoms with Crippen LogP contribution in [0.3, 0.4) is 0 Å². The number of unbranched alkanes of at least 4 members (excludes halogenated alkanes) is 6. The molecule has 0 unspecified atom stereocenters. The van der Waals surface area contributed by atoms with E-state index in [1.165, 1.54) is 79.2 Å². The molecule has 0 nitrogen and oxygen atoms in total. The van der Waals surface area contributed by atoms with E-state index in [1.54, 1.807) is 0 Å². The second-order valence-corrected chi connectivity index (χ2v) is 6.42. The molecular formula is C22H34. The maximum atomic E-state index is 3.94. The van der Waals surface area contributed by atoms with Crippen LogP contribution in [0.15, 0.2) is 30.9 Å². The first-order valence-electron chi connectivity index (χ1n) is 9.03. The zero-order chi connectivity index (χ0) is 16.4. The minimum Gasteiger partial charge on any atom is -0.0985 e. The Bertz CT molecular complexity index is 468. The highest BCUT2D eigenvalue weighted by Crippen LogP contribution is 2.26. The molecule has 1 aromatic carbocycles. The molecule has 0 amide bonds. The lowest BCUT2D eigenvalue weighted by Crippen LogP contribution is -1.96. The van der Waals surface area contributed by atoms with E-state index in [9.17, 15) is 0 Å². The Balaban J connectivity index is 2.55. The number of hydrogen-bond donors (Lipinski definition) is 0. The molecule has 0 bridgehead atoms. The van der Waals surface area contributed by atoms with Crippen LogP contribution in [0.2, 0.25) is 0 Å². The fourth-order valence-electron chi connectivity index (χ4n) is 3.30. The minimum atomic E-state index is 1.22. The Morgan fingerprint density at radius 3 is 2.00 bits per heavy atom. The van der Waals surface area contributed by atoms with Crippen molar-refractivity contribution in [2.45, 2.75) is 79.1 Å². The van der Waals surface area contributed by atoms with Gasteiger partial charge >= 0.3 is 0 Å². The molecule has 0 fully saturated rings. The third-order valence-electron chi connectivity index (χ3n) is 4.48. The van der Waals surface area contributed by atoms with Crippen molar-refractivity contribution in [3.8, 4) is 0 Å². The third-order valence-corrected chi connectivity index (χ3v) is 4.48. The van der Waals surface area contributed by atoms with Gasteiger partial charge in [0.15, 0.2) is 0 Å². The molecule has 1 rings (SSSR count). The lowest BCUT2D eigenvalue weighted by atomic mass is 9.91. The molecule has 0 atom stereocenters. The van der Waals surface area contributed by atoms with Gasteiger partial charge in [0.2, 0.25) is 0 Å². The predicted molar refractivity (Wildman–Crippen MR) is 101 cm³/mol. The molecule has 22 heavy (non-hydrogen) atoms. The fourth-order valence-corrected chi connectivity index (χ4v) is 3.30. The summed E-state index contributed by atoms with van der Waals surface area (Å²) < 4.78 is 0. The molecule has 0 saturated carbocycles. The first kappa shape index (κ1) is 18.7. The summed E-state index contributed by atoms with van der Waals surface area (Å²) in [6.45, 7) is 12.8. The highest BCUT2D eigenvalue weighted by molar-refractivity contribution is 5.77. The lowest BCUT2D eigenvalue weighted by Gasteiger charge is -2.13. The summed E-state index contributed by atoms with van der Waals surface area (Å²) >= 11 is 0. The van der Waals surface area contributed by atoms with Crippen molar-refractivity contribution in [2.75, 3.05) is 0 Å². The molecule has 0 heteroatoms. The van der Waals surface area contributed by atoms with E-state index >= 15 is 0 Å². The van der Waals surface area contributed by atoms with E-state index in [0.717, 1.165) is 0 Å². The van der Waals surface area contributed by atoms with E-state index in [0.29, 0.717) is 0 Å². The van der Waals surface area contributed by atoms with Crippen LogP contribution in [-0.4, -0.2) is 0 Å². The van der Waals surface area contributed by atoms with Gasteiger partial charge in [0.1, 0.15) is 0 Å². The number of allylic oxidation sites excluding steroid dienone is 3. The van der Waals surface area contributed by atoms with Crippen LogP contribution >= 0.6 is 0 Å². The molecule has 0 radical (unpaired) electrons. The Hall–Kier alpha value is -1.30. The van der Waals surface area contributed by atoms with Crippen molar-refractivity contribution in [1.82, 2.24) is 0 Å². The molecule has 0 saturated heterocycles. The minimum absolute atomic E-state index is 1.22. The van der Waals surface area contributed by atoms with Gasteiger partial charge in [-0.05, 0) is 61.4 Å². The van der Waals surface area contributed by atoms with Crippen molar-refractivity contribution in [3.63, 3.8) is 0 Å². The molecule has 0 aliphatic rings. The van der Waals surface area contributed by atoms with Crippen LogP contribution in [0.5, 0.6) is 0 Å². The van der Waals surface area contributed by atoms with Gasteiger partial charge < -0.3 is 0 Å². The summed E-state index contributed by atoms with van der Waals surface area (Å²) in [4.78, 5) is 0. The molecule has 0 aliphatic carbocycles. The summed E-state index contributed by atoms with van der Waals surface area (Å²) in [5.74, 6) is 0. The van der Waals surface area contributed by atoms with Gasteiger partial charge in [0, 0.05) is 0 Å². The highest BCUT2D eigenvalue weighted by atomic mass is 14.1. The van der Waals surface area contributed by atoms with E-state index < -0.39 is 0 Å². The number of aryl methyl sites for hydroxylation is 3. The Kier molecular flexibility index (Phi) is 8.89. The molecule has 0 N–H and O–H groups in total. The van der Waals surface area contributed by atoms with E-state index in [4.69, 9.17) is 0 Å². The van der Waals surface area contributed by atoms with Crippen LogP contribution < -0.4 is 0 Å². The van der Waals surface area contributed by atoms with Gasteiger partial charge in [-0.3, -0.25) is 0 Å². The molecule has 0 spiro atoms. The number of benzene rings is 1. The second-order valence-electron chi connectivity index (χ2n) is 6.42. The molecular weight excluding hydrogens is 264 g/mol. The Labute approximate surface area is 138 Å². The van der Waals surface area contributed by atoms with Crippen LogP contribution in [0.25, 0.3) is 5.57 Å². The quantitative estimate of drug-likeness (QED) is 0.317. The SMILES string of the molecule is C=C/C(=C\C)c1c(C)cc(CCCCCCCCC)cc1C. The maximum absolute atomic E-state index is 3.94. The first-order chi connectivity index (χ1) is 10.6. The van der Waals surface area contributed by atoms with Crippen LogP contribution in [0, 0.1) is 13.8 Å². The Morgan fingerprint density at radius 2 is 1.50 bits per heavy atom. The third kappa shape index (κ3) is 5.83. The summed E-state index contributed by atoms with van der Waals surface area (Å²) in [5, 5.41) is 0. The monoisotopic (exact) mass is 298 g/mol. The molecule has 0 heterocycles. The normalized spacial score (nSPS) is 11.7. The van der Waals surface area contributed by atoms with Crippen molar-refractivity contribution in [3.05, 3.63) is 53.1 Å². The smallest absolute Gasteiger partial charge is 0.0129 e. The predicted octanol–water partition coefficient (Wildman–Crippen LogP) is 7.19. The van der Waals surface area contributed by atoms with Crippen molar-refractivity contribution < 1.29 is 0 Å². The Morgan fingerprint density at radius 1 is 0.955 bits per heavy atom. The van der Waals surface area contributed by atoms with Gasteiger partial charge in [-0.25, -0.2) is 0 Å². The second kappa shape index (κ2) is 10.4. The number of rotatable bonds is 10. The van der Waals surface area contributed by atoms with Gasteiger partial charge in [0.25, 0.3) is 0 Å². The fraction of sp³-hybridized carbons (Fsp3) is 0.545.